The molecule has 0 aliphatic carbocycles. The number of furan rings is 1. The average Bonchev–Trinajstić information content (AvgIpc) is 2.83. The van der Waals surface area contributed by atoms with Crippen LogP contribution >= 0.6 is 0 Å². The van der Waals surface area contributed by atoms with Crippen molar-refractivity contribution in [3.05, 3.63) is 24.2 Å². The van der Waals surface area contributed by atoms with Gasteiger partial charge in [-0.05, 0) is 25.0 Å². The van der Waals surface area contributed by atoms with Crippen LogP contribution in [0.25, 0.3) is 0 Å². The van der Waals surface area contributed by atoms with E-state index in [9.17, 15) is 13.2 Å². The molecule has 6 heteroatoms. The molecule has 2 rings (SSSR count). The lowest BCUT2D eigenvalue weighted by molar-refractivity contribution is 0.0926. The van der Waals surface area contributed by atoms with E-state index in [2.05, 4.69) is 5.32 Å². The summed E-state index contributed by atoms with van der Waals surface area (Å²) in [5.41, 5.74) is 0. The topological polar surface area (TPSA) is 76.4 Å². The third kappa shape index (κ3) is 2.27. The summed E-state index contributed by atoms with van der Waals surface area (Å²) in [5, 5.41) is 2.13. The van der Waals surface area contributed by atoms with Crippen molar-refractivity contribution in [3.63, 3.8) is 0 Å². The van der Waals surface area contributed by atoms with E-state index in [1.54, 1.807) is 12.1 Å². The molecule has 1 saturated heterocycles. The number of amides is 1. The molecule has 2 heterocycles. The van der Waals surface area contributed by atoms with Gasteiger partial charge in [0.1, 0.15) is 0 Å². The summed E-state index contributed by atoms with van der Waals surface area (Å²) in [6.45, 7) is 0.169. The summed E-state index contributed by atoms with van der Waals surface area (Å²) in [6.07, 6.45) is 2.71. The van der Waals surface area contributed by atoms with E-state index in [1.165, 1.54) is 6.26 Å². The Labute approximate surface area is 93.7 Å². The van der Waals surface area contributed by atoms with Gasteiger partial charge in [-0.1, -0.05) is 0 Å². The molecule has 0 aromatic carbocycles. The molecule has 1 unspecified atom stereocenters. The molecule has 88 valence electrons. The maximum Gasteiger partial charge on any atom is 0.287 e. The van der Waals surface area contributed by atoms with Crippen LogP contribution in [-0.2, 0) is 9.84 Å². The van der Waals surface area contributed by atoms with E-state index in [0.717, 1.165) is 0 Å². The molecule has 1 atom stereocenters. The Kier molecular flexibility index (Phi) is 3.00. The molecule has 0 bridgehead atoms. The van der Waals surface area contributed by atoms with Crippen molar-refractivity contribution >= 4 is 15.7 Å². The number of carbonyl (C=O) groups excluding carboxylic acids is 1. The van der Waals surface area contributed by atoms with E-state index >= 15 is 0 Å². The van der Waals surface area contributed by atoms with Gasteiger partial charge in [-0.2, -0.15) is 0 Å². The molecular formula is C10H13NO4S. The molecule has 0 spiro atoms. The van der Waals surface area contributed by atoms with Gasteiger partial charge in [-0.3, -0.25) is 4.79 Å². The normalized spacial score (nSPS) is 23.1. The number of sulfone groups is 1. The minimum atomic E-state index is -3.00. The maximum atomic E-state index is 11.5. The van der Waals surface area contributed by atoms with Crippen molar-refractivity contribution < 1.29 is 17.6 Å². The molecule has 0 saturated carbocycles. The van der Waals surface area contributed by atoms with Crippen LogP contribution in [0.3, 0.4) is 0 Å². The van der Waals surface area contributed by atoms with Crippen LogP contribution in [-0.4, -0.2) is 31.9 Å². The minimum absolute atomic E-state index is 0.169. The van der Waals surface area contributed by atoms with Gasteiger partial charge < -0.3 is 9.73 Å². The second kappa shape index (κ2) is 4.29. The zero-order chi connectivity index (χ0) is 11.6. The lowest BCUT2D eigenvalue weighted by atomic mass is 10.2. The van der Waals surface area contributed by atoms with E-state index in [0.29, 0.717) is 12.8 Å². The standard InChI is InChI=1S/C10H13NO4S/c12-10(9-4-1-5-15-9)11-7-8-3-2-6-16(8,13)14/h1,4-5,8H,2-3,6-7H2,(H,11,12). The summed E-state index contributed by atoms with van der Waals surface area (Å²) in [4.78, 5) is 11.5. The summed E-state index contributed by atoms with van der Waals surface area (Å²) >= 11 is 0. The SMILES string of the molecule is O=C(NCC1CCCS1(=O)=O)c1ccco1. The van der Waals surface area contributed by atoms with Gasteiger partial charge in [0.25, 0.3) is 5.91 Å². The van der Waals surface area contributed by atoms with Crippen molar-refractivity contribution in [2.45, 2.75) is 18.1 Å². The summed E-state index contributed by atoms with van der Waals surface area (Å²) in [7, 11) is -3.00. The number of rotatable bonds is 3. The van der Waals surface area contributed by atoms with Gasteiger partial charge in [-0.25, -0.2) is 8.42 Å². The second-order valence-corrected chi connectivity index (χ2v) is 6.22. The lowest BCUT2D eigenvalue weighted by Gasteiger charge is -2.09. The van der Waals surface area contributed by atoms with Gasteiger partial charge in [0.15, 0.2) is 15.6 Å². The third-order valence-electron chi connectivity index (χ3n) is 2.70. The highest BCUT2D eigenvalue weighted by molar-refractivity contribution is 7.92. The van der Waals surface area contributed by atoms with Gasteiger partial charge in [0, 0.05) is 6.54 Å². The fourth-order valence-electron chi connectivity index (χ4n) is 1.79. The minimum Gasteiger partial charge on any atom is -0.459 e. The van der Waals surface area contributed by atoms with Crippen molar-refractivity contribution in [1.29, 1.82) is 0 Å². The fraction of sp³-hybridized carbons (Fsp3) is 0.500. The molecule has 1 N–H and O–H groups in total. The number of hydrogen-bond donors (Lipinski definition) is 1. The quantitative estimate of drug-likeness (QED) is 0.842. The Hall–Kier alpha value is -1.30. The second-order valence-electron chi connectivity index (χ2n) is 3.82. The Morgan fingerprint density at radius 3 is 2.94 bits per heavy atom. The van der Waals surface area contributed by atoms with Crippen LogP contribution in [0, 0.1) is 0 Å². The first kappa shape index (κ1) is 11.2. The zero-order valence-electron chi connectivity index (χ0n) is 8.68. The highest BCUT2D eigenvalue weighted by Gasteiger charge is 2.31. The Morgan fingerprint density at radius 2 is 2.38 bits per heavy atom. The van der Waals surface area contributed by atoms with Gasteiger partial charge >= 0.3 is 0 Å². The van der Waals surface area contributed by atoms with Crippen molar-refractivity contribution in [2.75, 3.05) is 12.3 Å². The number of nitrogens with one attached hydrogen (secondary N) is 1. The van der Waals surface area contributed by atoms with Crippen molar-refractivity contribution in [1.82, 2.24) is 5.32 Å². The van der Waals surface area contributed by atoms with Crippen LogP contribution < -0.4 is 5.32 Å². The van der Waals surface area contributed by atoms with E-state index < -0.39 is 15.1 Å². The molecular weight excluding hydrogens is 230 g/mol. The predicted octanol–water partition coefficient (Wildman–Crippen LogP) is 0.587. The van der Waals surface area contributed by atoms with Crippen LogP contribution in [0.5, 0.6) is 0 Å². The Bertz CT molecular complexity index is 463. The molecule has 16 heavy (non-hydrogen) atoms. The fourth-order valence-corrected chi connectivity index (χ4v) is 3.55. The van der Waals surface area contributed by atoms with Gasteiger partial charge in [0.2, 0.25) is 0 Å². The first-order valence-electron chi connectivity index (χ1n) is 5.13. The number of carbonyl (C=O) groups is 1. The van der Waals surface area contributed by atoms with Crippen LogP contribution in [0.4, 0.5) is 0 Å². The van der Waals surface area contributed by atoms with E-state index in [-0.39, 0.29) is 24.0 Å². The largest absolute Gasteiger partial charge is 0.459 e. The van der Waals surface area contributed by atoms with Crippen molar-refractivity contribution in [3.8, 4) is 0 Å². The molecule has 1 aliphatic rings. The molecule has 1 amide bonds. The highest BCUT2D eigenvalue weighted by atomic mass is 32.2. The summed E-state index contributed by atoms with van der Waals surface area (Å²) in [5.74, 6) is 0.0661. The zero-order valence-corrected chi connectivity index (χ0v) is 9.50. The molecule has 1 aromatic heterocycles. The lowest BCUT2D eigenvalue weighted by Crippen LogP contribution is -2.34. The summed E-state index contributed by atoms with van der Waals surface area (Å²) < 4.78 is 27.9. The van der Waals surface area contributed by atoms with E-state index in [4.69, 9.17) is 4.42 Å². The third-order valence-corrected chi connectivity index (χ3v) is 4.97. The van der Waals surface area contributed by atoms with Crippen LogP contribution in [0.1, 0.15) is 23.4 Å². The molecule has 1 aromatic rings. The number of hydrogen-bond acceptors (Lipinski definition) is 4. The molecule has 1 fully saturated rings. The smallest absolute Gasteiger partial charge is 0.287 e. The first-order valence-corrected chi connectivity index (χ1v) is 6.84. The first-order chi connectivity index (χ1) is 7.59. The van der Waals surface area contributed by atoms with Crippen LogP contribution in [0.2, 0.25) is 0 Å². The summed E-state index contributed by atoms with van der Waals surface area (Å²) in [6, 6.07) is 3.15. The Morgan fingerprint density at radius 1 is 1.56 bits per heavy atom. The molecule has 5 nitrogen and oxygen atoms in total. The van der Waals surface area contributed by atoms with E-state index in [1.807, 2.05) is 0 Å². The average molecular weight is 243 g/mol. The maximum absolute atomic E-state index is 11.5. The van der Waals surface area contributed by atoms with Gasteiger partial charge in [-0.15, -0.1) is 0 Å². The molecule has 0 radical (unpaired) electrons. The predicted molar refractivity (Wildman–Crippen MR) is 57.9 cm³/mol. The van der Waals surface area contributed by atoms with Gasteiger partial charge in [0.05, 0.1) is 17.3 Å². The highest BCUT2D eigenvalue weighted by Crippen LogP contribution is 2.19. The Balaban J connectivity index is 1.91. The monoisotopic (exact) mass is 243 g/mol. The van der Waals surface area contributed by atoms with Crippen molar-refractivity contribution in [2.24, 2.45) is 0 Å². The molecule has 1 aliphatic heterocycles. The van der Waals surface area contributed by atoms with Crippen LogP contribution in [0.15, 0.2) is 22.8 Å².